The predicted octanol–water partition coefficient (Wildman–Crippen LogP) is 2.06. The maximum absolute atomic E-state index is 12.5. The summed E-state index contributed by atoms with van der Waals surface area (Å²) in [6.45, 7) is 0. The van der Waals surface area contributed by atoms with Crippen molar-refractivity contribution in [2.24, 2.45) is 5.92 Å². The highest BCUT2D eigenvalue weighted by Crippen LogP contribution is 2.39. The van der Waals surface area contributed by atoms with Gasteiger partial charge in [-0.2, -0.15) is 0 Å². The highest BCUT2D eigenvalue weighted by molar-refractivity contribution is 5.91. The second kappa shape index (κ2) is 6.36. The number of carbonyl (C=O) groups excluding carboxylic acids is 1. The number of carbonyl (C=O) groups is 1. The Bertz CT molecular complexity index is 705. The molecule has 2 fully saturated rings. The van der Waals surface area contributed by atoms with E-state index >= 15 is 0 Å². The van der Waals surface area contributed by atoms with Gasteiger partial charge >= 0.3 is 0 Å². The lowest BCUT2D eigenvalue weighted by molar-refractivity contribution is 0.0234. The average Bonchev–Trinajstić information content (AvgIpc) is 3.29. The smallest absolute Gasteiger partial charge is 0.290 e. The van der Waals surface area contributed by atoms with Crippen molar-refractivity contribution in [3.8, 4) is 0 Å². The van der Waals surface area contributed by atoms with Crippen LogP contribution in [0.2, 0.25) is 0 Å². The summed E-state index contributed by atoms with van der Waals surface area (Å²) in [5.41, 5.74) is 1.81. The van der Waals surface area contributed by atoms with Crippen molar-refractivity contribution < 1.29 is 14.4 Å². The maximum atomic E-state index is 12.5. The summed E-state index contributed by atoms with van der Waals surface area (Å²) >= 11 is 0. The second-order valence-corrected chi connectivity index (χ2v) is 6.88. The summed E-state index contributed by atoms with van der Waals surface area (Å²) in [5, 5.41) is 16.6. The maximum Gasteiger partial charge on any atom is 0.290 e. The van der Waals surface area contributed by atoms with Gasteiger partial charge in [0.15, 0.2) is 0 Å². The number of aliphatic hydroxyl groups excluding tert-OH is 1. The Kier molecular flexibility index (Phi) is 4.06. The first kappa shape index (κ1) is 15.3. The molecule has 1 amide bonds. The molecule has 2 aromatic rings. The number of hydrogen-bond donors (Lipinski definition) is 2. The lowest BCUT2D eigenvalue weighted by atomic mass is 9.76. The van der Waals surface area contributed by atoms with Crippen molar-refractivity contribution in [2.45, 2.75) is 50.2 Å². The van der Waals surface area contributed by atoms with Crippen LogP contribution in [0.5, 0.6) is 0 Å². The Morgan fingerprint density at radius 1 is 1.38 bits per heavy atom. The molecule has 0 spiro atoms. The number of nitrogens with zero attached hydrogens (tertiary/aromatic N) is 2. The minimum Gasteiger partial charge on any atom is -0.393 e. The number of aromatic nitrogens is 2. The van der Waals surface area contributed by atoms with E-state index in [0.29, 0.717) is 25.2 Å². The minimum atomic E-state index is -0.259. The fraction of sp³-hybridized carbons (Fsp3) is 0.500. The molecule has 0 bridgehead atoms. The molecule has 1 atom stereocenters. The van der Waals surface area contributed by atoms with Gasteiger partial charge in [0.2, 0.25) is 5.76 Å². The molecule has 2 saturated carbocycles. The van der Waals surface area contributed by atoms with E-state index in [1.54, 1.807) is 12.3 Å². The van der Waals surface area contributed by atoms with E-state index in [1.807, 2.05) is 18.2 Å². The van der Waals surface area contributed by atoms with Crippen molar-refractivity contribution in [1.29, 1.82) is 0 Å². The van der Waals surface area contributed by atoms with Crippen LogP contribution in [0.3, 0.4) is 0 Å². The number of amides is 1. The van der Waals surface area contributed by atoms with Crippen LogP contribution in [0.1, 0.15) is 53.5 Å². The van der Waals surface area contributed by atoms with Crippen LogP contribution in [0.15, 0.2) is 35.0 Å². The van der Waals surface area contributed by atoms with E-state index in [4.69, 9.17) is 4.52 Å². The van der Waals surface area contributed by atoms with Gasteiger partial charge in [0.05, 0.1) is 11.8 Å². The van der Waals surface area contributed by atoms with Crippen LogP contribution >= 0.6 is 0 Å². The van der Waals surface area contributed by atoms with Gasteiger partial charge in [-0.15, -0.1) is 0 Å². The summed E-state index contributed by atoms with van der Waals surface area (Å²) in [7, 11) is 0. The second-order valence-electron chi connectivity index (χ2n) is 6.88. The first-order valence-corrected chi connectivity index (χ1v) is 8.54. The van der Waals surface area contributed by atoms with Crippen molar-refractivity contribution >= 4 is 5.91 Å². The molecule has 0 radical (unpaired) electrons. The summed E-state index contributed by atoms with van der Waals surface area (Å²) in [6, 6.07) is 7.45. The summed E-state index contributed by atoms with van der Waals surface area (Å²) in [5.74, 6) is 0.748. The van der Waals surface area contributed by atoms with Gasteiger partial charge in [-0.05, 0) is 43.7 Å². The van der Waals surface area contributed by atoms with E-state index in [-0.39, 0.29) is 29.7 Å². The van der Waals surface area contributed by atoms with E-state index in [0.717, 1.165) is 24.2 Å². The van der Waals surface area contributed by atoms with Crippen LogP contribution in [0.4, 0.5) is 0 Å². The van der Waals surface area contributed by atoms with E-state index in [2.05, 4.69) is 15.5 Å². The van der Waals surface area contributed by atoms with Crippen molar-refractivity contribution in [2.75, 3.05) is 0 Å². The molecule has 4 rings (SSSR count). The Morgan fingerprint density at radius 2 is 2.21 bits per heavy atom. The van der Waals surface area contributed by atoms with Gasteiger partial charge in [0.1, 0.15) is 0 Å². The quantitative estimate of drug-likeness (QED) is 0.848. The Morgan fingerprint density at radius 3 is 2.88 bits per heavy atom. The summed E-state index contributed by atoms with van der Waals surface area (Å²) in [4.78, 5) is 16.8. The Hall–Kier alpha value is -2.21. The van der Waals surface area contributed by atoms with Gasteiger partial charge in [-0.3, -0.25) is 9.78 Å². The molecular formula is C18H21N3O3. The molecule has 24 heavy (non-hydrogen) atoms. The Labute approximate surface area is 140 Å². The molecule has 2 aliphatic rings. The summed E-state index contributed by atoms with van der Waals surface area (Å²) in [6.07, 6.45) is 5.80. The number of rotatable bonds is 6. The predicted molar refractivity (Wildman–Crippen MR) is 86.4 cm³/mol. The number of aliphatic hydroxyl groups is 1. The molecule has 0 aliphatic heterocycles. The topological polar surface area (TPSA) is 88.2 Å². The van der Waals surface area contributed by atoms with Gasteiger partial charge in [0.25, 0.3) is 5.91 Å². The Balaban J connectivity index is 1.44. The molecule has 126 valence electrons. The van der Waals surface area contributed by atoms with Crippen LogP contribution in [0.25, 0.3) is 0 Å². The van der Waals surface area contributed by atoms with Gasteiger partial charge in [-0.1, -0.05) is 11.2 Å². The number of pyridine rings is 1. The molecule has 0 saturated heterocycles. The van der Waals surface area contributed by atoms with E-state index < -0.39 is 0 Å². The molecule has 2 N–H and O–H groups in total. The zero-order valence-corrected chi connectivity index (χ0v) is 13.4. The zero-order chi connectivity index (χ0) is 16.5. The lowest BCUT2D eigenvalue weighted by Gasteiger charge is -2.37. The van der Waals surface area contributed by atoms with Gasteiger partial charge < -0.3 is 14.9 Å². The van der Waals surface area contributed by atoms with Crippen molar-refractivity contribution in [3.63, 3.8) is 0 Å². The normalized spacial score (nSPS) is 24.2. The zero-order valence-electron chi connectivity index (χ0n) is 13.4. The third kappa shape index (κ3) is 3.33. The molecule has 2 aliphatic carbocycles. The third-order valence-corrected chi connectivity index (χ3v) is 4.94. The molecule has 0 aromatic carbocycles. The lowest BCUT2D eigenvalue weighted by Crippen LogP contribution is -2.48. The molecule has 6 nitrogen and oxygen atoms in total. The fourth-order valence-electron chi connectivity index (χ4n) is 3.25. The van der Waals surface area contributed by atoms with Crippen molar-refractivity contribution in [1.82, 2.24) is 15.5 Å². The third-order valence-electron chi connectivity index (χ3n) is 4.94. The van der Waals surface area contributed by atoms with Crippen molar-refractivity contribution in [3.05, 3.63) is 47.6 Å². The standard InChI is InChI=1S/C18H21N3O3/c22-14-7-12(8-14)15(9-13-3-1-2-6-19-13)20-18(23)17-10-16(21-24-17)11-4-5-11/h1-3,6,10-12,14-15,22H,4-5,7-9H2,(H,20,23)/t12?,14?,15-/m0/s1. The number of nitrogens with one attached hydrogen (secondary N) is 1. The van der Waals surface area contributed by atoms with Gasteiger partial charge in [-0.25, -0.2) is 0 Å². The molecular weight excluding hydrogens is 306 g/mol. The molecule has 0 unspecified atom stereocenters. The van der Waals surface area contributed by atoms with Crippen LogP contribution < -0.4 is 5.32 Å². The van der Waals surface area contributed by atoms with Crippen LogP contribution in [0, 0.1) is 5.92 Å². The minimum absolute atomic E-state index is 0.0646. The SMILES string of the molecule is O=C(N[C@@H](Cc1ccccn1)C1CC(O)C1)c1cc(C2CC2)no1. The number of hydrogen-bond acceptors (Lipinski definition) is 5. The monoisotopic (exact) mass is 327 g/mol. The fourth-order valence-corrected chi connectivity index (χ4v) is 3.25. The average molecular weight is 327 g/mol. The van der Waals surface area contributed by atoms with Gasteiger partial charge in [0, 0.05) is 36.3 Å². The molecule has 6 heteroatoms. The van der Waals surface area contributed by atoms with Crippen LogP contribution in [-0.4, -0.2) is 33.3 Å². The highest BCUT2D eigenvalue weighted by Gasteiger charge is 2.36. The first-order chi connectivity index (χ1) is 11.7. The van der Waals surface area contributed by atoms with E-state index in [1.165, 1.54) is 0 Å². The first-order valence-electron chi connectivity index (χ1n) is 8.54. The van der Waals surface area contributed by atoms with E-state index in [9.17, 15) is 9.90 Å². The molecule has 2 aromatic heterocycles. The highest BCUT2D eigenvalue weighted by atomic mass is 16.5. The van der Waals surface area contributed by atoms with Crippen LogP contribution in [-0.2, 0) is 6.42 Å². The summed E-state index contributed by atoms with van der Waals surface area (Å²) < 4.78 is 5.20. The molecule has 2 heterocycles. The largest absolute Gasteiger partial charge is 0.393 e.